The summed E-state index contributed by atoms with van der Waals surface area (Å²) in [6, 6.07) is 10.7. The van der Waals surface area contributed by atoms with Crippen LogP contribution in [-0.4, -0.2) is 67.3 Å². The van der Waals surface area contributed by atoms with Gasteiger partial charge < -0.3 is 24.4 Å². The molecule has 1 aromatic heterocycles. The highest BCUT2D eigenvalue weighted by molar-refractivity contribution is 5.94. The Hall–Kier alpha value is -3.13. The molecule has 3 rings (SSSR count). The van der Waals surface area contributed by atoms with Crippen molar-refractivity contribution in [3.63, 3.8) is 0 Å². The van der Waals surface area contributed by atoms with E-state index in [1.807, 2.05) is 13.0 Å². The van der Waals surface area contributed by atoms with E-state index in [-0.39, 0.29) is 30.6 Å². The Bertz CT molecular complexity index is 836. The first-order chi connectivity index (χ1) is 15.0. The fourth-order valence-corrected chi connectivity index (χ4v) is 3.34. The summed E-state index contributed by atoms with van der Waals surface area (Å²) in [4.78, 5) is 30.1. The molecule has 1 aliphatic heterocycles. The number of ether oxygens (including phenoxy) is 3. The van der Waals surface area contributed by atoms with Gasteiger partial charge in [-0.2, -0.15) is 0 Å². The number of hydrogen-bond acceptors (Lipinski definition) is 6. The molecule has 0 bridgehead atoms. The third-order valence-corrected chi connectivity index (χ3v) is 5.00. The molecule has 2 aromatic rings. The third-order valence-electron chi connectivity index (χ3n) is 5.00. The van der Waals surface area contributed by atoms with E-state index in [9.17, 15) is 9.59 Å². The summed E-state index contributed by atoms with van der Waals surface area (Å²) in [5.41, 5.74) is 0.556. The molecule has 0 saturated carbocycles. The van der Waals surface area contributed by atoms with Gasteiger partial charge in [0.1, 0.15) is 30.3 Å². The van der Waals surface area contributed by atoms with E-state index in [0.717, 1.165) is 12.8 Å². The minimum Gasteiger partial charge on any atom is -0.490 e. The number of carbonyl (C=O) groups excluding carboxylic acids is 2. The van der Waals surface area contributed by atoms with E-state index in [0.29, 0.717) is 36.7 Å². The molecule has 2 amide bonds. The molecule has 8 nitrogen and oxygen atoms in total. The lowest BCUT2D eigenvalue weighted by molar-refractivity contribution is -0.136. The smallest absolute Gasteiger partial charge is 0.251 e. The van der Waals surface area contributed by atoms with E-state index in [4.69, 9.17) is 14.2 Å². The topological polar surface area (TPSA) is 90.0 Å². The van der Waals surface area contributed by atoms with Gasteiger partial charge in [0.15, 0.2) is 0 Å². The van der Waals surface area contributed by atoms with E-state index < -0.39 is 0 Å². The second-order valence-electron chi connectivity index (χ2n) is 7.48. The molecule has 1 aliphatic rings. The number of nitrogens with one attached hydrogen (secondary N) is 1. The van der Waals surface area contributed by atoms with Gasteiger partial charge in [0.25, 0.3) is 5.91 Å². The zero-order valence-corrected chi connectivity index (χ0v) is 18.0. The fourth-order valence-electron chi connectivity index (χ4n) is 3.34. The van der Waals surface area contributed by atoms with Crippen molar-refractivity contribution in [3.8, 4) is 11.5 Å². The van der Waals surface area contributed by atoms with Gasteiger partial charge in [-0.3, -0.25) is 14.6 Å². The van der Waals surface area contributed by atoms with E-state index in [1.54, 1.807) is 47.6 Å². The first kappa shape index (κ1) is 22.6. The van der Waals surface area contributed by atoms with Crippen LogP contribution in [0.25, 0.3) is 0 Å². The molecule has 31 heavy (non-hydrogen) atoms. The van der Waals surface area contributed by atoms with E-state index >= 15 is 0 Å². The van der Waals surface area contributed by atoms with Gasteiger partial charge in [-0.1, -0.05) is 0 Å². The summed E-state index contributed by atoms with van der Waals surface area (Å²) in [7, 11) is 1.52. The lowest BCUT2D eigenvalue weighted by Crippen LogP contribution is -2.43. The highest BCUT2D eigenvalue weighted by Gasteiger charge is 2.23. The van der Waals surface area contributed by atoms with Crippen LogP contribution in [-0.2, 0) is 9.53 Å². The summed E-state index contributed by atoms with van der Waals surface area (Å²) >= 11 is 0. The van der Waals surface area contributed by atoms with Crippen molar-refractivity contribution < 1.29 is 23.8 Å². The number of pyridine rings is 1. The minimum absolute atomic E-state index is 0.0106. The number of benzene rings is 1. The van der Waals surface area contributed by atoms with Gasteiger partial charge in [-0.15, -0.1) is 0 Å². The van der Waals surface area contributed by atoms with Crippen LogP contribution in [0.2, 0.25) is 0 Å². The number of piperidine rings is 1. The average Bonchev–Trinajstić information content (AvgIpc) is 2.79. The van der Waals surface area contributed by atoms with Crippen molar-refractivity contribution in [3.05, 3.63) is 54.4 Å². The van der Waals surface area contributed by atoms with Crippen LogP contribution in [0, 0.1) is 0 Å². The SMILES string of the molecule is COCC(=O)N1CCC(Oc2ccc(C(=O)NC[C@@H](C)Oc3cccnc3)cc2)CC1. The maximum absolute atomic E-state index is 12.4. The van der Waals surface area contributed by atoms with Crippen molar-refractivity contribution in [2.24, 2.45) is 0 Å². The van der Waals surface area contributed by atoms with Gasteiger partial charge in [0, 0.05) is 44.8 Å². The Morgan fingerprint density at radius 3 is 2.55 bits per heavy atom. The number of methoxy groups -OCH3 is 1. The molecule has 0 radical (unpaired) electrons. The summed E-state index contributed by atoms with van der Waals surface area (Å²) in [6.07, 6.45) is 4.73. The highest BCUT2D eigenvalue weighted by atomic mass is 16.5. The molecule has 2 heterocycles. The molecular formula is C23H29N3O5. The molecule has 1 fully saturated rings. The normalized spacial score (nSPS) is 15.2. The van der Waals surface area contributed by atoms with Crippen LogP contribution in [0.15, 0.2) is 48.8 Å². The van der Waals surface area contributed by atoms with Crippen LogP contribution >= 0.6 is 0 Å². The highest BCUT2D eigenvalue weighted by Crippen LogP contribution is 2.20. The second-order valence-corrected chi connectivity index (χ2v) is 7.48. The molecule has 166 valence electrons. The minimum atomic E-state index is -0.183. The van der Waals surface area contributed by atoms with E-state index in [2.05, 4.69) is 10.3 Å². The fraction of sp³-hybridized carbons (Fsp3) is 0.435. The maximum atomic E-state index is 12.4. The monoisotopic (exact) mass is 427 g/mol. The number of nitrogens with zero attached hydrogens (tertiary/aromatic N) is 2. The number of carbonyl (C=O) groups is 2. The zero-order valence-electron chi connectivity index (χ0n) is 18.0. The molecule has 0 spiro atoms. The Morgan fingerprint density at radius 2 is 1.90 bits per heavy atom. The first-order valence-corrected chi connectivity index (χ1v) is 10.4. The summed E-state index contributed by atoms with van der Waals surface area (Å²) < 4.78 is 16.6. The number of aromatic nitrogens is 1. The number of likely N-dealkylation sites (tertiary alicyclic amines) is 1. The molecule has 8 heteroatoms. The Morgan fingerprint density at radius 1 is 1.16 bits per heavy atom. The van der Waals surface area contributed by atoms with Crippen molar-refractivity contribution in [1.82, 2.24) is 15.2 Å². The molecule has 1 atom stereocenters. The van der Waals surface area contributed by atoms with Gasteiger partial charge in [0.2, 0.25) is 5.91 Å². The summed E-state index contributed by atoms with van der Waals surface area (Å²) in [6.45, 7) is 3.70. The molecule has 1 aromatic carbocycles. The predicted octanol–water partition coefficient (Wildman–Crippen LogP) is 2.30. The maximum Gasteiger partial charge on any atom is 0.251 e. The lowest BCUT2D eigenvalue weighted by atomic mass is 10.1. The van der Waals surface area contributed by atoms with Crippen molar-refractivity contribution >= 4 is 11.8 Å². The number of hydrogen-bond donors (Lipinski definition) is 1. The molecule has 0 aliphatic carbocycles. The van der Waals surface area contributed by atoms with Gasteiger partial charge >= 0.3 is 0 Å². The van der Waals surface area contributed by atoms with Crippen molar-refractivity contribution in [1.29, 1.82) is 0 Å². The average molecular weight is 428 g/mol. The Kier molecular flexibility index (Phi) is 8.23. The van der Waals surface area contributed by atoms with Crippen LogP contribution in [0.4, 0.5) is 0 Å². The van der Waals surface area contributed by atoms with Crippen LogP contribution < -0.4 is 14.8 Å². The number of amides is 2. The Labute approximate surface area is 182 Å². The first-order valence-electron chi connectivity index (χ1n) is 10.4. The van der Waals surface area contributed by atoms with Crippen LogP contribution in [0.5, 0.6) is 11.5 Å². The van der Waals surface area contributed by atoms with Crippen LogP contribution in [0.3, 0.4) is 0 Å². The van der Waals surface area contributed by atoms with Gasteiger partial charge in [-0.05, 0) is 43.3 Å². The standard InChI is InChI=1S/C23H29N3O5/c1-17(30-21-4-3-11-24-15-21)14-25-23(28)18-5-7-19(8-6-18)31-20-9-12-26(13-10-20)22(27)16-29-2/h3-8,11,15,17,20H,9-10,12-14,16H2,1-2H3,(H,25,28)/t17-/m1/s1. The van der Waals surface area contributed by atoms with Gasteiger partial charge in [0.05, 0.1) is 12.7 Å². The summed E-state index contributed by atoms with van der Waals surface area (Å²) in [5, 5.41) is 2.87. The quantitative estimate of drug-likeness (QED) is 0.661. The molecule has 1 saturated heterocycles. The van der Waals surface area contributed by atoms with Gasteiger partial charge in [-0.25, -0.2) is 0 Å². The summed E-state index contributed by atoms with van der Waals surface area (Å²) in [5.74, 6) is 1.22. The predicted molar refractivity (Wildman–Crippen MR) is 115 cm³/mol. The van der Waals surface area contributed by atoms with Crippen molar-refractivity contribution in [2.75, 3.05) is 33.4 Å². The second kappa shape index (κ2) is 11.3. The third kappa shape index (κ3) is 6.96. The molecule has 0 unspecified atom stereocenters. The van der Waals surface area contributed by atoms with E-state index in [1.165, 1.54) is 7.11 Å². The van der Waals surface area contributed by atoms with Crippen LogP contribution in [0.1, 0.15) is 30.1 Å². The molecule has 1 N–H and O–H groups in total. The lowest BCUT2D eigenvalue weighted by Gasteiger charge is -2.32. The Balaban J connectivity index is 1.41. The zero-order chi connectivity index (χ0) is 22.1. The van der Waals surface area contributed by atoms with Crippen molar-refractivity contribution in [2.45, 2.75) is 32.0 Å². The molecular weight excluding hydrogens is 398 g/mol. The number of rotatable bonds is 9. The largest absolute Gasteiger partial charge is 0.490 e.